The summed E-state index contributed by atoms with van der Waals surface area (Å²) < 4.78 is 5.64. The van der Waals surface area contributed by atoms with Crippen molar-refractivity contribution >= 4 is 11.8 Å². The maximum Gasteiger partial charge on any atom is 0.0897 e. The molecule has 0 aromatic heterocycles. The molecule has 0 saturated carbocycles. The standard InChI is InChI=1S/C16H35NO2S/c1-14(2)11-15(3)19-13-16(18)12-17-9-7-5-6-8-10-20-4/h14-18H,5-13H2,1-4H3. The van der Waals surface area contributed by atoms with Gasteiger partial charge in [-0.2, -0.15) is 11.8 Å². The highest BCUT2D eigenvalue weighted by Gasteiger charge is 2.09. The van der Waals surface area contributed by atoms with Crippen molar-refractivity contribution in [2.45, 2.75) is 65.1 Å². The number of unbranched alkanes of at least 4 members (excludes halogenated alkanes) is 3. The predicted octanol–water partition coefficient (Wildman–Crippen LogP) is 3.31. The second-order valence-corrected chi connectivity index (χ2v) is 7.02. The van der Waals surface area contributed by atoms with E-state index in [1.165, 1.54) is 31.4 Å². The molecule has 0 amide bonds. The van der Waals surface area contributed by atoms with Crippen LogP contribution in [0.4, 0.5) is 0 Å². The van der Waals surface area contributed by atoms with Crippen molar-refractivity contribution in [2.75, 3.05) is 31.7 Å². The van der Waals surface area contributed by atoms with Crippen LogP contribution in [0.1, 0.15) is 52.9 Å². The van der Waals surface area contributed by atoms with E-state index < -0.39 is 0 Å². The van der Waals surface area contributed by atoms with Crippen LogP contribution in [0.5, 0.6) is 0 Å². The van der Waals surface area contributed by atoms with Crippen molar-refractivity contribution in [2.24, 2.45) is 5.92 Å². The van der Waals surface area contributed by atoms with Crippen molar-refractivity contribution in [3.05, 3.63) is 0 Å². The number of nitrogens with one attached hydrogen (secondary N) is 1. The minimum Gasteiger partial charge on any atom is -0.389 e. The molecule has 0 aromatic rings. The fourth-order valence-corrected chi connectivity index (χ4v) is 2.68. The Morgan fingerprint density at radius 3 is 2.45 bits per heavy atom. The second-order valence-electron chi connectivity index (χ2n) is 6.04. The summed E-state index contributed by atoms with van der Waals surface area (Å²) in [5.41, 5.74) is 0. The van der Waals surface area contributed by atoms with Crippen LogP contribution in [-0.2, 0) is 4.74 Å². The first-order chi connectivity index (χ1) is 9.56. The zero-order valence-electron chi connectivity index (χ0n) is 13.9. The molecule has 0 saturated heterocycles. The Bertz CT molecular complexity index is 203. The minimum atomic E-state index is -0.388. The van der Waals surface area contributed by atoms with E-state index in [0.717, 1.165) is 13.0 Å². The van der Waals surface area contributed by atoms with Crippen LogP contribution in [0.25, 0.3) is 0 Å². The molecule has 0 rings (SSSR count). The highest BCUT2D eigenvalue weighted by Crippen LogP contribution is 2.07. The summed E-state index contributed by atoms with van der Waals surface area (Å²) >= 11 is 1.92. The minimum absolute atomic E-state index is 0.237. The third-order valence-corrected chi connectivity index (χ3v) is 3.91. The van der Waals surface area contributed by atoms with Gasteiger partial charge in [0.15, 0.2) is 0 Å². The fraction of sp³-hybridized carbons (Fsp3) is 1.00. The highest BCUT2D eigenvalue weighted by molar-refractivity contribution is 7.98. The fourth-order valence-electron chi connectivity index (χ4n) is 2.18. The van der Waals surface area contributed by atoms with Crippen molar-refractivity contribution in [3.63, 3.8) is 0 Å². The van der Waals surface area contributed by atoms with E-state index in [1.807, 2.05) is 11.8 Å². The van der Waals surface area contributed by atoms with Crippen molar-refractivity contribution < 1.29 is 9.84 Å². The molecule has 122 valence electrons. The first-order valence-electron chi connectivity index (χ1n) is 8.05. The quantitative estimate of drug-likeness (QED) is 0.483. The number of aliphatic hydroxyl groups is 1. The van der Waals surface area contributed by atoms with Crippen LogP contribution in [-0.4, -0.2) is 49.0 Å². The molecule has 0 heterocycles. The van der Waals surface area contributed by atoms with Crippen LogP contribution in [0.15, 0.2) is 0 Å². The van der Waals surface area contributed by atoms with E-state index in [-0.39, 0.29) is 12.2 Å². The average molecular weight is 306 g/mol. The first-order valence-corrected chi connectivity index (χ1v) is 9.45. The van der Waals surface area contributed by atoms with E-state index in [2.05, 4.69) is 32.3 Å². The smallest absolute Gasteiger partial charge is 0.0897 e. The van der Waals surface area contributed by atoms with Gasteiger partial charge in [0.1, 0.15) is 0 Å². The van der Waals surface area contributed by atoms with Gasteiger partial charge in [-0.05, 0) is 50.7 Å². The zero-order valence-corrected chi connectivity index (χ0v) is 14.7. The lowest BCUT2D eigenvalue weighted by Crippen LogP contribution is -2.32. The molecule has 0 fully saturated rings. The molecule has 2 N–H and O–H groups in total. The Hall–Kier alpha value is 0.230. The van der Waals surface area contributed by atoms with Crippen LogP contribution < -0.4 is 5.32 Å². The Balaban J connectivity index is 3.30. The van der Waals surface area contributed by atoms with Gasteiger partial charge in [-0.1, -0.05) is 26.7 Å². The summed E-state index contributed by atoms with van der Waals surface area (Å²) in [5.74, 6) is 1.92. The van der Waals surface area contributed by atoms with E-state index in [1.54, 1.807) is 0 Å². The molecule has 3 nitrogen and oxygen atoms in total. The summed E-state index contributed by atoms with van der Waals surface area (Å²) in [4.78, 5) is 0. The normalized spacial score (nSPS) is 14.7. The summed E-state index contributed by atoms with van der Waals surface area (Å²) in [7, 11) is 0. The molecule has 20 heavy (non-hydrogen) atoms. The van der Waals surface area contributed by atoms with Crippen LogP contribution >= 0.6 is 11.8 Å². The van der Waals surface area contributed by atoms with E-state index >= 15 is 0 Å². The second kappa shape index (κ2) is 14.2. The molecule has 2 unspecified atom stereocenters. The van der Waals surface area contributed by atoms with Crippen LogP contribution in [0.2, 0.25) is 0 Å². The number of hydrogen-bond donors (Lipinski definition) is 2. The van der Waals surface area contributed by atoms with Crippen LogP contribution in [0.3, 0.4) is 0 Å². The first kappa shape index (κ1) is 20.2. The van der Waals surface area contributed by atoms with Gasteiger partial charge in [0.2, 0.25) is 0 Å². The molecule has 0 spiro atoms. The lowest BCUT2D eigenvalue weighted by molar-refractivity contribution is -0.00843. The number of thioether (sulfide) groups is 1. The molecule has 4 heteroatoms. The Labute approximate surface area is 130 Å². The molecule has 2 atom stereocenters. The topological polar surface area (TPSA) is 41.5 Å². The third kappa shape index (κ3) is 14.6. The van der Waals surface area contributed by atoms with Crippen molar-refractivity contribution in [3.8, 4) is 0 Å². The van der Waals surface area contributed by atoms with Crippen molar-refractivity contribution in [1.29, 1.82) is 0 Å². The summed E-state index contributed by atoms with van der Waals surface area (Å²) in [6, 6.07) is 0. The SMILES string of the molecule is CSCCCCCCNCC(O)COC(C)CC(C)C. The van der Waals surface area contributed by atoms with Gasteiger partial charge in [0.25, 0.3) is 0 Å². The molecule has 0 aromatic carbocycles. The molecule has 0 aliphatic heterocycles. The van der Waals surface area contributed by atoms with Crippen LogP contribution in [0, 0.1) is 5.92 Å². The zero-order chi connectivity index (χ0) is 15.2. The van der Waals surface area contributed by atoms with Gasteiger partial charge in [-0.15, -0.1) is 0 Å². The maximum absolute atomic E-state index is 9.81. The van der Waals surface area contributed by atoms with E-state index in [9.17, 15) is 5.11 Å². The van der Waals surface area contributed by atoms with Gasteiger partial charge in [-0.3, -0.25) is 0 Å². The molecule has 0 radical (unpaired) electrons. The van der Waals surface area contributed by atoms with Gasteiger partial charge >= 0.3 is 0 Å². The monoisotopic (exact) mass is 305 g/mol. The summed E-state index contributed by atoms with van der Waals surface area (Å²) in [6.45, 7) is 8.54. The lowest BCUT2D eigenvalue weighted by Gasteiger charge is -2.18. The number of ether oxygens (including phenoxy) is 1. The molecular formula is C16H35NO2S. The summed E-state index contributed by atoms with van der Waals surface area (Å²) in [6.07, 6.45) is 8.19. The maximum atomic E-state index is 9.81. The van der Waals surface area contributed by atoms with E-state index in [4.69, 9.17) is 4.74 Å². The number of rotatable bonds is 14. The lowest BCUT2D eigenvalue weighted by atomic mass is 10.1. The largest absolute Gasteiger partial charge is 0.389 e. The molecule has 0 aliphatic rings. The number of hydrogen-bond acceptors (Lipinski definition) is 4. The van der Waals surface area contributed by atoms with Gasteiger partial charge in [0, 0.05) is 6.54 Å². The van der Waals surface area contributed by atoms with Crippen molar-refractivity contribution in [1.82, 2.24) is 5.32 Å². The van der Waals surface area contributed by atoms with Gasteiger partial charge in [-0.25, -0.2) is 0 Å². The van der Waals surface area contributed by atoms with Gasteiger partial charge < -0.3 is 15.2 Å². The molecule has 0 aliphatic carbocycles. The predicted molar refractivity (Wildman–Crippen MR) is 90.6 cm³/mol. The highest BCUT2D eigenvalue weighted by atomic mass is 32.2. The van der Waals surface area contributed by atoms with E-state index in [0.29, 0.717) is 19.1 Å². The Morgan fingerprint density at radius 1 is 1.10 bits per heavy atom. The number of aliphatic hydroxyl groups excluding tert-OH is 1. The molecule has 0 bridgehead atoms. The third-order valence-electron chi connectivity index (χ3n) is 3.21. The Kier molecular flexibility index (Phi) is 14.3. The Morgan fingerprint density at radius 2 is 1.80 bits per heavy atom. The molecular weight excluding hydrogens is 270 g/mol. The summed E-state index contributed by atoms with van der Waals surface area (Å²) in [5, 5.41) is 13.1. The average Bonchev–Trinajstić information content (AvgIpc) is 2.38. The van der Waals surface area contributed by atoms with Gasteiger partial charge in [0.05, 0.1) is 18.8 Å².